The van der Waals surface area contributed by atoms with E-state index in [1.54, 1.807) is 24.3 Å². The summed E-state index contributed by atoms with van der Waals surface area (Å²) in [6.07, 6.45) is 2.03. The molecule has 1 amide bonds. The van der Waals surface area contributed by atoms with Crippen molar-refractivity contribution in [1.82, 2.24) is 5.32 Å². The van der Waals surface area contributed by atoms with Gasteiger partial charge in [0.1, 0.15) is 5.75 Å². The highest BCUT2D eigenvalue weighted by Gasteiger charge is 2.15. The second-order valence-corrected chi connectivity index (χ2v) is 4.79. The number of nitrogens with one attached hydrogen (secondary N) is 1. The van der Waals surface area contributed by atoms with Gasteiger partial charge in [0.15, 0.2) is 6.61 Å². The fourth-order valence-electron chi connectivity index (χ4n) is 2.05. The van der Waals surface area contributed by atoms with Crippen molar-refractivity contribution in [3.63, 3.8) is 0 Å². The first-order chi connectivity index (χ1) is 9.78. The highest BCUT2D eigenvalue weighted by Crippen LogP contribution is 2.15. The Morgan fingerprint density at radius 1 is 1.45 bits per heavy atom. The normalized spacial score (nSPS) is 17.4. The van der Waals surface area contributed by atoms with Gasteiger partial charge in [-0.25, -0.2) is 0 Å². The second-order valence-electron chi connectivity index (χ2n) is 4.79. The first kappa shape index (κ1) is 14.4. The molecule has 0 bridgehead atoms. The van der Waals surface area contributed by atoms with Crippen LogP contribution >= 0.6 is 0 Å². The van der Waals surface area contributed by atoms with Gasteiger partial charge in [0.2, 0.25) is 0 Å². The van der Waals surface area contributed by atoms with E-state index >= 15 is 0 Å². The summed E-state index contributed by atoms with van der Waals surface area (Å²) in [5.74, 6) is 1.02. The molecule has 1 aliphatic heterocycles. The predicted octanol–water partition coefficient (Wildman–Crippen LogP) is 1.48. The monoisotopic (exact) mass is 274 g/mol. The van der Waals surface area contributed by atoms with Gasteiger partial charge in [-0.1, -0.05) is 0 Å². The largest absolute Gasteiger partial charge is 0.484 e. The van der Waals surface area contributed by atoms with Gasteiger partial charge in [0, 0.05) is 19.8 Å². The zero-order chi connectivity index (χ0) is 14.2. The zero-order valence-electron chi connectivity index (χ0n) is 11.3. The van der Waals surface area contributed by atoms with Crippen LogP contribution in [0.5, 0.6) is 5.75 Å². The molecule has 2 rings (SSSR count). The van der Waals surface area contributed by atoms with E-state index in [9.17, 15) is 4.79 Å². The number of amides is 1. The summed E-state index contributed by atoms with van der Waals surface area (Å²) in [5.41, 5.74) is 0.570. The van der Waals surface area contributed by atoms with E-state index in [4.69, 9.17) is 14.7 Å². The van der Waals surface area contributed by atoms with E-state index in [1.807, 2.05) is 6.07 Å². The zero-order valence-corrected chi connectivity index (χ0v) is 11.3. The van der Waals surface area contributed by atoms with Gasteiger partial charge in [-0.05, 0) is 43.0 Å². The highest BCUT2D eigenvalue weighted by molar-refractivity contribution is 5.77. The van der Waals surface area contributed by atoms with Crippen LogP contribution in [0.4, 0.5) is 0 Å². The van der Waals surface area contributed by atoms with Gasteiger partial charge in [0.05, 0.1) is 11.6 Å². The van der Waals surface area contributed by atoms with E-state index in [1.165, 1.54) is 0 Å². The second kappa shape index (κ2) is 7.51. The lowest BCUT2D eigenvalue weighted by atomic mass is 10.1. The van der Waals surface area contributed by atoms with E-state index in [0.29, 0.717) is 23.8 Å². The van der Waals surface area contributed by atoms with Gasteiger partial charge >= 0.3 is 0 Å². The number of hydrogen-bond donors (Lipinski definition) is 1. The fraction of sp³-hybridized carbons (Fsp3) is 0.467. The van der Waals surface area contributed by atoms with Crippen molar-refractivity contribution in [3.8, 4) is 11.8 Å². The van der Waals surface area contributed by atoms with Crippen LogP contribution in [0.25, 0.3) is 0 Å². The number of nitriles is 1. The Morgan fingerprint density at radius 2 is 2.25 bits per heavy atom. The first-order valence-electron chi connectivity index (χ1n) is 6.75. The number of carbonyl (C=O) groups excluding carboxylic acids is 1. The van der Waals surface area contributed by atoms with Crippen LogP contribution in [0.1, 0.15) is 18.4 Å². The molecule has 0 spiro atoms. The van der Waals surface area contributed by atoms with Crippen molar-refractivity contribution in [1.29, 1.82) is 5.26 Å². The summed E-state index contributed by atoms with van der Waals surface area (Å²) in [5, 5.41) is 11.5. The van der Waals surface area contributed by atoms with Crippen LogP contribution in [0.3, 0.4) is 0 Å². The molecule has 0 aromatic heterocycles. The Bertz CT molecular complexity index is 473. The number of benzene rings is 1. The van der Waals surface area contributed by atoms with E-state index in [0.717, 1.165) is 26.1 Å². The summed E-state index contributed by atoms with van der Waals surface area (Å²) in [7, 11) is 0. The minimum atomic E-state index is -0.131. The van der Waals surface area contributed by atoms with Crippen LogP contribution in [-0.4, -0.2) is 32.3 Å². The van der Waals surface area contributed by atoms with Gasteiger partial charge in [-0.15, -0.1) is 0 Å². The van der Waals surface area contributed by atoms with E-state index < -0.39 is 0 Å². The fourth-order valence-corrected chi connectivity index (χ4v) is 2.05. The number of carbonyl (C=O) groups is 1. The molecule has 1 aliphatic rings. The van der Waals surface area contributed by atoms with Gasteiger partial charge in [-0.3, -0.25) is 4.79 Å². The molecule has 106 valence electrons. The summed E-state index contributed by atoms with van der Waals surface area (Å²) in [6.45, 7) is 2.29. The molecule has 0 saturated carbocycles. The van der Waals surface area contributed by atoms with Crippen LogP contribution in [0, 0.1) is 17.2 Å². The molecular weight excluding hydrogens is 256 g/mol. The highest BCUT2D eigenvalue weighted by atomic mass is 16.5. The topological polar surface area (TPSA) is 71.3 Å². The molecule has 1 heterocycles. The van der Waals surface area contributed by atoms with Crippen LogP contribution in [-0.2, 0) is 9.53 Å². The van der Waals surface area contributed by atoms with Crippen molar-refractivity contribution in [2.75, 3.05) is 26.4 Å². The summed E-state index contributed by atoms with van der Waals surface area (Å²) in [6, 6.07) is 8.71. The summed E-state index contributed by atoms with van der Waals surface area (Å²) >= 11 is 0. The molecule has 1 aromatic carbocycles. The molecule has 0 radical (unpaired) electrons. The molecule has 20 heavy (non-hydrogen) atoms. The van der Waals surface area contributed by atoms with Crippen molar-refractivity contribution in [3.05, 3.63) is 29.8 Å². The molecule has 5 nitrogen and oxygen atoms in total. The summed E-state index contributed by atoms with van der Waals surface area (Å²) < 4.78 is 10.6. The SMILES string of the molecule is N#Cc1ccc(OCC(=O)NCCC2CCOC2)cc1. The Morgan fingerprint density at radius 3 is 2.90 bits per heavy atom. The van der Waals surface area contributed by atoms with Crippen molar-refractivity contribution in [2.24, 2.45) is 5.92 Å². The third kappa shape index (κ3) is 4.56. The maximum atomic E-state index is 11.6. The number of nitrogens with zero attached hydrogens (tertiary/aromatic N) is 1. The first-order valence-corrected chi connectivity index (χ1v) is 6.75. The maximum Gasteiger partial charge on any atom is 0.257 e. The van der Waals surface area contributed by atoms with Crippen LogP contribution in [0.2, 0.25) is 0 Å². The van der Waals surface area contributed by atoms with Gasteiger partial charge < -0.3 is 14.8 Å². The van der Waals surface area contributed by atoms with Gasteiger partial charge in [-0.2, -0.15) is 5.26 Å². The molecule has 1 atom stereocenters. The van der Waals surface area contributed by atoms with E-state index in [-0.39, 0.29) is 12.5 Å². The predicted molar refractivity (Wildman–Crippen MR) is 73.2 cm³/mol. The summed E-state index contributed by atoms with van der Waals surface area (Å²) in [4.78, 5) is 11.6. The molecule has 1 unspecified atom stereocenters. The van der Waals surface area contributed by atoms with Crippen molar-refractivity contribution < 1.29 is 14.3 Å². The molecule has 1 saturated heterocycles. The number of ether oxygens (including phenoxy) is 2. The average molecular weight is 274 g/mol. The Labute approximate surface area is 118 Å². The molecular formula is C15H18N2O3. The average Bonchev–Trinajstić information content (AvgIpc) is 2.99. The lowest BCUT2D eigenvalue weighted by molar-refractivity contribution is -0.123. The van der Waals surface area contributed by atoms with Crippen LogP contribution < -0.4 is 10.1 Å². The molecule has 1 aromatic rings. The van der Waals surface area contributed by atoms with Crippen molar-refractivity contribution >= 4 is 5.91 Å². The Balaban J connectivity index is 1.62. The molecule has 1 N–H and O–H groups in total. The lowest BCUT2D eigenvalue weighted by Crippen LogP contribution is -2.30. The quantitative estimate of drug-likeness (QED) is 0.853. The third-order valence-electron chi connectivity index (χ3n) is 3.25. The molecule has 1 fully saturated rings. The maximum absolute atomic E-state index is 11.6. The standard InChI is InChI=1S/C15H18N2O3/c16-9-12-1-3-14(4-2-12)20-11-15(18)17-7-5-13-6-8-19-10-13/h1-4,13H,5-8,10-11H2,(H,17,18). The van der Waals surface area contributed by atoms with Gasteiger partial charge in [0.25, 0.3) is 5.91 Å². The smallest absolute Gasteiger partial charge is 0.257 e. The van der Waals surface area contributed by atoms with E-state index in [2.05, 4.69) is 5.32 Å². The molecule has 0 aliphatic carbocycles. The van der Waals surface area contributed by atoms with Crippen molar-refractivity contribution in [2.45, 2.75) is 12.8 Å². The minimum Gasteiger partial charge on any atom is -0.484 e. The Kier molecular flexibility index (Phi) is 5.39. The Hall–Kier alpha value is -2.06. The number of rotatable bonds is 6. The van der Waals surface area contributed by atoms with Crippen LogP contribution in [0.15, 0.2) is 24.3 Å². The third-order valence-corrected chi connectivity index (χ3v) is 3.25. The number of hydrogen-bond acceptors (Lipinski definition) is 4. The minimum absolute atomic E-state index is 0.00688. The lowest BCUT2D eigenvalue weighted by Gasteiger charge is -2.09. The molecule has 5 heteroatoms.